The fourth-order valence-corrected chi connectivity index (χ4v) is 2.04. The van der Waals surface area contributed by atoms with Crippen LogP contribution in [0.15, 0.2) is 59.1 Å². The van der Waals surface area contributed by atoms with E-state index < -0.39 is 5.97 Å². The molecule has 1 aromatic heterocycles. The van der Waals surface area contributed by atoms with E-state index in [1.54, 1.807) is 24.3 Å². The first-order valence-electron chi connectivity index (χ1n) is 6.96. The largest absolute Gasteiger partial charge is 0.496 e. The molecule has 3 rings (SSSR count). The quantitative estimate of drug-likeness (QED) is 0.674. The molecule has 0 aliphatic rings. The molecule has 0 saturated heterocycles. The van der Waals surface area contributed by atoms with Crippen LogP contribution in [0.25, 0.3) is 11.4 Å². The van der Waals surface area contributed by atoms with Crippen molar-refractivity contribution in [2.45, 2.75) is 6.61 Å². The summed E-state index contributed by atoms with van der Waals surface area (Å²) in [5.41, 5.74) is 1.18. The number of ether oxygens (including phenoxy) is 2. The van der Waals surface area contributed by atoms with Gasteiger partial charge in [-0.1, -0.05) is 47.6 Å². The topological polar surface area (TPSA) is 74.5 Å². The third kappa shape index (κ3) is 3.37. The standard InChI is InChI=1S/C17H14N2O4/c1-21-14-10-6-5-9-13(14)17(20)22-11-15-18-16(19-23-15)12-7-3-2-4-8-12/h2-10H,11H2,1H3. The molecular weight excluding hydrogens is 296 g/mol. The van der Waals surface area contributed by atoms with Crippen LogP contribution in [0.4, 0.5) is 0 Å². The lowest BCUT2D eigenvalue weighted by molar-refractivity contribution is 0.0426. The molecule has 0 spiro atoms. The van der Waals surface area contributed by atoms with E-state index >= 15 is 0 Å². The number of esters is 1. The van der Waals surface area contributed by atoms with Crippen LogP contribution >= 0.6 is 0 Å². The zero-order valence-electron chi connectivity index (χ0n) is 12.4. The molecule has 0 N–H and O–H groups in total. The highest BCUT2D eigenvalue weighted by atomic mass is 16.6. The zero-order chi connectivity index (χ0) is 16.1. The molecule has 0 radical (unpaired) electrons. The van der Waals surface area contributed by atoms with Crippen LogP contribution in [0.5, 0.6) is 5.75 Å². The second kappa shape index (κ2) is 6.74. The summed E-state index contributed by atoms with van der Waals surface area (Å²) >= 11 is 0. The lowest BCUT2D eigenvalue weighted by Crippen LogP contribution is -2.07. The summed E-state index contributed by atoms with van der Waals surface area (Å²) in [6.07, 6.45) is 0. The van der Waals surface area contributed by atoms with Crippen molar-refractivity contribution in [3.8, 4) is 17.1 Å². The molecule has 0 aliphatic heterocycles. The Hall–Kier alpha value is -3.15. The summed E-state index contributed by atoms with van der Waals surface area (Å²) in [5.74, 6) is 0.621. The number of aromatic nitrogens is 2. The van der Waals surface area contributed by atoms with Gasteiger partial charge in [0.05, 0.1) is 7.11 Å². The van der Waals surface area contributed by atoms with Crippen molar-refractivity contribution in [3.05, 3.63) is 66.1 Å². The molecule has 2 aromatic carbocycles. The van der Waals surface area contributed by atoms with Crippen LogP contribution in [-0.2, 0) is 11.3 Å². The first-order chi connectivity index (χ1) is 11.3. The van der Waals surface area contributed by atoms with E-state index in [1.165, 1.54) is 7.11 Å². The predicted octanol–water partition coefficient (Wildman–Crippen LogP) is 3.10. The number of para-hydroxylation sites is 1. The van der Waals surface area contributed by atoms with Crippen molar-refractivity contribution in [1.82, 2.24) is 10.1 Å². The molecule has 3 aromatic rings. The van der Waals surface area contributed by atoms with E-state index in [0.717, 1.165) is 5.56 Å². The summed E-state index contributed by atoms with van der Waals surface area (Å²) in [6, 6.07) is 16.2. The van der Waals surface area contributed by atoms with Gasteiger partial charge in [0, 0.05) is 5.56 Å². The maximum absolute atomic E-state index is 12.1. The molecule has 0 unspecified atom stereocenters. The Bertz CT molecular complexity index is 799. The van der Waals surface area contributed by atoms with Gasteiger partial charge in [-0.2, -0.15) is 4.98 Å². The Kier molecular flexibility index (Phi) is 4.33. The molecule has 0 fully saturated rings. The van der Waals surface area contributed by atoms with Crippen LogP contribution in [0.3, 0.4) is 0 Å². The summed E-state index contributed by atoms with van der Waals surface area (Å²) in [6.45, 7) is -0.100. The zero-order valence-corrected chi connectivity index (χ0v) is 12.4. The van der Waals surface area contributed by atoms with Gasteiger partial charge in [-0.3, -0.25) is 0 Å². The Morgan fingerprint density at radius 3 is 2.61 bits per heavy atom. The molecule has 6 nitrogen and oxygen atoms in total. The molecule has 1 heterocycles. The van der Waals surface area contributed by atoms with E-state index in [1.807, 2.05) is 30.3 Å². The highest BCUT2D eigenvalue weighted by Gasteiger charge is 2.15. The fraction of sp³-hybridized carbons (Fsp3) is 0.118. The number of rotatable bonds is 5. The van der Waals surface area contributed by atoms with E-state index in [2.05, 4.69) is 10.1 Å². The smallest absolute Gasteiger partial charge is 0.342 e. The second-order valence-electron chi connectivity index (χ2n) is 4.65. The Labute approximate surface area is 132 Å². The SMILES string of the molecule is COc1ccccc1C(=O)OCc1nc(-c2ccccc2)no1. The molecule has 6 heteroatoms. The number of nitrogens with zero attached hydrogens (tertiary/aromatic N) is 2. The first-order valence-corrected chi connectivity index (χ1v) is 6.96. The minimum Gasteiger partial charge on any atom is -0.496 e. The van der Waals surface area contributed by atoms with Gasteiger partial charge in [0.2, 0.25) is 5.82 Å². The number of methoxy groups -OCH3 is 1. The van der Waals surface area contributed by atoms with E-state index in [4.69, 9.17) is 14.0 Å². The Morgan fingerprint density at radius 1 is 1.09 bits per heavy atom. The summed E-state index contributed by atoms with van der Waals surface area (Å²) in [7, 11) is 1.50. The van der Waals surface area contributed by atoms with Crippen LogP contribution in [-0.4, -0.2) is 23.2 Å². The normalized spacial score (nSPS) is 10.3. The number of benzene rings is 2. The maximum atomic E-state index is 12.1. The number of hydrogen-bond donors (Lipinski definition) is 0. The van der Waals surface area contributed by atoms with Gasteiger partial charge in [-0.15, -0.1) is 0 Å². The Balaban J connectivity index is 1.67. The van der Waals surface area contributed by atoms with Gasteiger partial charge in [0.25, 0.3) is 5.89 Å². The average molecular weight is 310 g/mol. The molecule has 0 bridgehead atoms. The van der Waals surface area contributed by atoms with Gasteiger partial charge >= 0.3 is 5.97 Å². The van der Waals surface area contributed by atoms with Crippen molar-refractivity contribution in [3.63, 3.8) is 0 Å². The van der Waals surface area contributed by atoms with Crippen molar-refractivity contribution < 1.29 is 18.8 Å². The molecule has 116 valence electrons. The van der Waals surface area contributed by atoms with E-state index in [0.29, 0.717) is 17.1 Å². The Morgan fingerprint density at radius 2 is 1.83 bits per heavy atom. The van der Waals surface area contributed by atoms with Gasteiger partial charge in [0.15, 0.2) is 6.61 Å². The fourth-order valence-electron chi connectivity index (χ4n) is 2.04. The van der Waals surface area contributed by atoms with Gasteiger partial charge in [-0.25, -0.2) is 4.79 Å². The van der Waals surface area contributed by atoms with Gasteiger partial charge < -0.3 is 14.0 Å². The van der Waals surface area contributed by atoms with Gasteiger partial charge in [0.1, 0.15) is 11.3 Å². The third-order valence-corrected chi connectivity index (χ3v) is 3.15. The lowest BCUT2D eigenvalue weighted by atomic mass is 10.2. The first kappa shape index (κ1) is 14.8. The van der Waals surface area contributed by atoms with Crippen molar-refractivity contribution in [2.24, 2.45) is 0 Å². The van der Waals surface area contributed by atoms with Gasteiger partial charge in [-0.05, 0) is 12.1 Å². The maximum Gasteiger partial charge on any atom is 0.342 e. The summed E-state index contributed by atoms with van der Waals surface area (Å²) < 4.78 is 15.4. The van der Waals surface area contributed by atoms with Crippen LogP contribution < -0.4 is 4.74 Å². The minimum absolute atomic E-state index is 0.100. The second-order valence-corrected chi connectivity index (χ2v) is 4.65. The molecule has 23 heavy (non-hydrogen) atoms. The molecule has 0 amide bonds. The lowest BCUT2D eigenvalue weighted by Gasteiger charge is -2.06. The number of carbonyl (C=O) groups is 1. The highest BCUT2D eigenvalue weighted by Crippen LogP contribution is 2.19. The monoisotopic (exact) mass is 310 g/mol. The molecule has 0 aliphatic carbocycles. The van der Waals surface area contributed by atoms with E-state index in [9.17, 15) is 4.79 Å². The van der Waals surface area contributed by atoms with Crippen LogP contribution in [0.1, 0.15) is 16.2 Å². The van der Waals surface area contributed by atoms with E-state index in [-0.39, 0.29) is 12.5 Å². The molecule has 0 saturated carbocycles. The molecular formula is C17H14N2O4. The molecule has 0 atom stereocenters. The number of carbonyl (C=O) groups excluding carboxylic acids is 1. The predicted molar refractivity (Wildman–Crippen MR) is 81.8 cm³/mol. The third-order valence-electron chi connectivity index (χ3n) is 3.15. The summed E-state index contributed by atoms with van der Waals surface area (Å²) in [4.78, 5) is 16.3. The van der Waals surface area contributed by atoms with Crippen molar-refractivity contribution in [2.75, 3.05) is 7.11 Å². The average Bonchev–Trinajstić information content (AvgIpc) is 3.09. The van der Waals surface area contributed by atoms with Crippen molar-refractivity contribution >= 4 is 5.97 Å². The van der Waals surface area contributed by atoms with Crippen LogP contribution in [0.2, 0.25) is 0 Å². The summed E-state index contributed by atoms with van der Waals surface area (Å²) in [5, 5.41) is 3.87. The number of hydrogen-bond acceptors (Lipinski definition) is 6. The minimum atomic E-state index is -0.512. The highest BCUT2D eigenvalue weighted by molar-refractivity contribution is 5.92. The van der Waals surface area contributed by atoms with Crippen molar-refractivity contribution in [1.29, 1.82) is 0 Å². The van der Waals surface area contributed by atoms with Crippen LogP contribution in [0, 0.1) is 0 Å².